The smallest absolute Gasteiger partial charge is 0.205 e. The second-order valence-corrected chi connectivity index (χ2v) is 13.5. The average Bonchev–Trinajstić information content (AvgIpc) is 3.64. The van der Waals surface area contributed by atoms with E-state index in [0.29, 0.717) is 11.2 Å². The van der Waals surface area contributed by atoms with Crippen molar-refractivity contribution in [2.75, 3.05) is 4.90 Å². The van der Waals surface area contributed by atoms with Crippen LogP contribution in [0.1, 0.15) is 16.8 Å². The number of aromatic hydroxyl groups is 2. The summed E-state index contributed by atoms with van der Waals surface area (Å²) in [7, 11) is 3.55. The monoisotopic (exact) mass is 705 g/mol. The molecular weight excluding hydrogens is 671 g/mol. The maximum absolute atomic E-state index is 14.2. The van der Waals surface area contributed by atoms with Crippen molar-refractivity contribution < 1.29 is 20.1 Å². The van der Waals surface area contributed by atoms with Gasteiger partial charge in [-0.2, -0.15) is 0 Å². The molecule has 2 aromatic heterocycles. The highest BCUT2D eigenvalue weighted by molar-refractivity contribution is 6.51. The molecule has 7 heteroatoms. The van der Waals surface area contributed by atoms with Crippen molar-refractivity contribution in [2.24, 2.45) is 14.1 Å². The first-order valence-electron chi connectivity index (χ1n) is 17.7. The molecule has 9 rings (SSSR count). The van der Waals surface area contributed by atoms with Crippen molar-refractivity contribution in [3.05, 3.63) is 191 Å². The lowest BCUT2D eigenvalue weighted by Gasteiger charge is -2.28. The molecule has 0 unspecified atom stereocenters. The van der Waals surface area contributed by atoms with Gasteiger partial charge in [0.2, 0.25) is 5.78 Å². The Bertz CT molecular complexity index is 2950. The third kappa shape index (κ3) is 5.01. The Kier molecular flexibility index (Phi) is 7.71. The van der Waals surface area contributed by atoms with Crippen LogP contribution in [0.2, 0.25) is 0 Å². The summed E-state index contributed by atoms with van der Waals surface area (Å²) in [6.45, 7) is 0. The zero-order valence-electron chi connectivity index (χ0n) is 29.6. The minimum atomic E-state index is -0.485. The number of aliphatic hydroxyl groups excluding tert-OH is 1. The number of ketones is 1. The number of hydrogen-bond acceptors (Lipinski definition) is 5. The Balaban J connectivity index is 1.25. The van der Waals surface area contributed by atoms with Crippen molar-refractivity contribution in [2.45, 2.75) is 0 Å². The van der Waals surface area contributed by atoms with Gasteiger partial charge in [-0.05, 0) is 45.5 Å². The molecule has 2 heterocycles. The summed E-state index contributed by atoms with van der Waals surface area (Å²) in [6.07, 6.45) is 0. The van der Waals surface area contributed by atoms with E-state index < -0.39 is 5.78 Å². The van der Waals surface area contributed by atoms with Crippen LogP contribution < -0.4 is 15.6 Å². The van der Waals surface area contributed by atoms with Gasteiger partial charge in [0.25, 0.3) is 0 Å². The van der Waals surface area contributed by atoms with Crippen LogP contribution in [0, 0.1) is 0 Å². The number of carbonyl (C=O) groups excluding carboxylic acids is 1. The lowest BCUT2D eigenvalue weighted by Crippen LogP contribution is -2.34. The normalized spacial score (nSPS) is 14.4. The van der Waals surface area contributed by atoms with Crippen LogP contribution >= 0.6 is 0 Å². The number of aliphatic hydroxyl groups is 1. The van der Waals surface area contributed by atoms with Crippen LogP contribution in [0.5, 0.6) is 11.5 Å². The lowest BCUT2D eigenvalue weighted by atomic mass is 9.85. The summed E-state index contributed by atoms with van der Waals surface area (Å²) in [4.78, 5) is 16.3. The number of fused-ring (bicyclic) bond motifs is 2. The zero-order valence-corrected chi connectivity index (χ0v) is 29.6. The standard InChI is InChI=1S/C47H35N3O4/c1-48-37(41(31-17-5-3-6-18-31)35-25-13-19-29-15-9-11-23-33(29)35)27-38(51)44(48)42-46(53)43(47(42)54)45-39(52)28-40(49(45)2)50(32-21-7-4-8-22-32)36-26-14-20-30-16-10-12-24-34(30)36/h3-28,51-53H,1-2H3/b41-37+,44-42+. The van der Waals surface area contributed by atoms with E-state index in [4.69, 9.17) is 0 Å². The SMILES string of the molecule is Cn1c(N(c2ccccc2)c2cccc3ccccc23)cc(O)c1C1=C(O)/C(=c2/c(O)c/c(=C(/c3ccccc3)c3cccc4ccccc34)n2C)C1=O. The molecule has 3 N–H and O–H groups in total. The van der Waals surface area contributed by atoms with Crippen LogP contribution in [0.4, 0.5) is 17.2 Å². The first-order valence-corrected chi connectivity index (χ1v) is 17.7. The Morgan fingerprint density at radius 1 is 0.574 bits per heavy atom. The number of Topliss-reactive ketones (excluding diaryl/α,β-unsaturated/α-hetero) is 1. The van der Waals surface area contributed by atoms with Gasteiger partial charge in [-0.3, -0.25) is 9.69 Å². The van der Waals surface area contributed by atoms with Crippen molar-refractivity contribution in [1.29, 1.82) is 0 Å². The summed E-state index contributed by atoms with van der Waals surface area (Å²) in [6, 6.07) is 51.4. The first-order chi connectivity index (χ1) is 26.3. The predicted octanol–water partition coefficient (Wildman–Crippen LogP) is 8.50. The Hall–Kier alpha value is -7.25. The molecule has 0 saturated heterocycles. The molecule has 0 atom stereocenters. The summed E-state index contributed by atoms with van der Waals surface area (Å²) in [5.41, 5.74) is 4.64. The fourth-order valence-electron chi connectivity index (χ4n) is 7.91. The van der Waals surface area contributed by atoms with Crippen LogP contribution in [-0.4, -0.2) is 30.2 Å². The maximum atomic E-state index is 14.2. The first kappa shape index (κ1) is 32.6. The van der Waals surface area contributed by atoms with Gasteiger partial charge in [-0.15, -0.1) is 0 Å². The number of nitrogens with zero attached hydrogens (tertiary/aromatic N) is 3. The van der Waals surface area contributed by atoms with Gasteiger partial charge >= 0.3 is 0 Å². The minimum absolute atomic E-state index is 0.0160. The third-order valence-electron chi connectivity index (χ3n) is 10.4. The van der Waals surface area contributed by atoms with Crippen LogP contribution in [0.25, 0.3) is 38.3 Å². The number of anilines is 3. The lowest BCUT2D eigenvalue weighted by molar-refractivity contribution is -0.110. The van der Waals surface area contributed by atoms with E-state index in [-0.39, 0.29) is 39.4 Å². The number of carbonyl (C=O) groups is 1. The number of hydrogen-bond donors (Lipinski definition) is 3. The second-order valence-electron chi connectivity index (χ2n) is 13.5. The average molecular weight is 706 g/mol. The fraction of sp³-hybridized carbons (Fsp3) is 0.0426. The predicted molar refractivity (Wildman–Crippen MR) is 216 cm³/mol. The molecule has 1 aliphatic carbocycles. The number of benzene rings is 6. The summed E-state index contributed by atoms with van der Waals surface area (Å²) in [5, 5.41) is 39.8. The number of para-hydroxylation sites is 1. The van der Waals surface area contributed by atoms with E-state index in [0.717, 1.165) is 49.6 Å². The van der Waals surface area contributed by atoms with Gasteiger partial charge in [0.05, 0.1) is 33.2 Å². The highest BCUT2D eigenvalue weighted by Crippen LogP contribution is 2.46. The van der Waals surface area contributed by atoms with E-state index in [9.17, 15) is 20.1 Å². The molecule has 0 amide bonds. The molecular formula is C47H35N3O4. The van der Waals surface area contributed by atoms with E-state index >= 15 is 0 Å². The Morgan fingerprint density at radius 2 is 1.17 bits per heavy atom. The molecule has 8 aromatic rings. The van der Waals surface area contributed by atoms with E-state index in [2.05, 4.69) is 42.5 Å². The molecule has 7 nitrogen and oxygen atoms in total. The van der Waals surface area contributed by atoms with Crippen LogP contribution in [0.15, 0.2) is 163 Å². The Morgan fingerprint density at radius 3 is 1.87 bits per heavy atom. The van der Waals surface area contributed by atoms with Gasteiger partial charge in [0.1, 0.15) is 23.1 Å². The molecule has 1 aliphatic rings. The summed E-state index contributed by atoms with van der Waals surface area (Å²) < 4.78 is 3.48. The zero-order chi connectivity index (χ0) is 37.1. The van der Waals surface area contributed by atoms with Crippen LogP contribution in [-0.2, 0) is 18.9 Å². The quantitative estimate of drug-likeness (QED) is 0.162. The molecule has 262 valence electrons. The number of aromatic nitrogens is 2. The largest absolute Gasteiger partial charge is 0.506 e. The van der Waals surface area contributed by atoms with E-state index in [1.165, 1.54) is 0 Å². The third-order valence-corrected chi connectivity index (χ3v) is 10.4. The molecule has 0 saturated carbocycles. The summed E-state index contributed by atoms with van der Waals surface area (Å²) >= 11 is 0. The van der Waals surface area contributed by atoms with Crippen LogP contribution in [0.3, 0.4) is 0 Å². The number of allylic oxidation sites excluding steroid dienone is 2. The summed E-state index contributed by atoms with van der Waals surface area (Å²) in [5.74, 6) is -0.489. The number of rotatable bonds is 6. The van der Waals surface area contributed by atoms with Crippen molar-refractivity contribution >= 4 is 61.2 Å². The van der Waals surface area contributed by atoms with E-state index in [1.807, 2.05) is 108 Å². The van der Waals surface area contributed by atoms with Crippen molar-refractivity contribution in [3.63, 3.8) is 0 Å². The van der Waals surface area contributed by atoms with Gasteiger partial charge in [0, 0.05) is 42.9 Å². The maximum Gasteiger partial charge on any atom is 0.205 e. The minimum Gasteiger partial charge on any atom is -0.506 e. The molecule has 54 heavy (non-hydrogen) atoms. The van der Waals surface area contributed by atoms with Crippen molar-refractivity contribution in [3.8, 4) is 11.5 Å². The highest BCUT2D eigenvalue weighted by atomic mass is 16.3. The van der Waals surface area contributed by atoms with Gasteiger partial charge in [-0.1, -0.05) is 127 Å². The van der Waals surface area contributed by atoms with Gasteiger partial charge in [0.15, 0.2) is 0 Å². The molecule has 0 spiro atoms. The topological polar surface area (TPSA) is 90.9 Å². The van der Waals surface area contributed by atoms with Gasteiger partial charge in [-0.25, -0.2) is 0 Å². The Labute approximate surface area is 311 Å². The molecule has 6 aromatic carbocycles. The molecule has 0 radical (unpaired) electrons. The van der Waals surface area contributed by atoms with Gasteiger partial charge < -0.3 is 24.5 Å². The second kappa shape index (κ2) is 12.8. The highest BCUT2D eigenvalue weighted by Gasteiger charge is 2.41. The molecule has 0 bridgehead atoms. The molecule has 0 aliphatic heterocycles. The van der Waals surface area contributed by atoms with E-state index in [1.54, 1.807) is 35.4 Å². The fourth-order valence-corrected chi connectivity index (χ4v) is 7.91. The van der Waals surface area contributed by atoms with Crippen molar-refractivity contribution in [1.82, 2.24) is 9.13 Å². The molecule has 0 fully saturated rings.